The van der Waals surface area contributed by atoms with Gasteiger partial charge in [-0.05, 0) is 46.5 Å². The van der Waals surface area contributed by atoms with Crippen LogP contribution in [0.1, 0.15) is 52.3 Å². The van der Waals surface area contributed by atoms with Gasteiger partial charge < -0.3 is 14.6 Å². The van der Waals surface area contributed by atoms with Gasteiger partial charge in [0.15, 0.2) is 0 Å². The summed E-state index contributed by atoms with van der Waals surface area (Å²) < 4.78 is 7.38. The largest absolute Gasteiger partial charge is 0.444 e. The van der Waals surface area contributed by atoms with Crippen LogP contribution in [0.5, 0.6) is 0 Å². The van der Waals surface area contributed by atoms with Gasteiger partial charge in [0.05, 0.1) is 24.3 Å². The Morgan fingerprint density at radius 2 is 2.26 bits per heavy atom. The highest BCUT2D eigenvalue weighted by Crippen LogP contribution is 2.31. The van der Waals surface area contributed by atoms with Crippen LogP contribution in [0.4, 0.5) is 4.79 Å². The molecule has 0 saturated heterocycles. The molecule has 1 heterocycles. The predicted molar refractivity (Wildman–Crippen MR) is 72.7 cm³/mol. The smallest absolute Gasteiger partial charge is 0.408 e. The summed E-state index contributed by atoms with van der Waals surface area (Å²) in [7, 11) is 0. The SMILES string of the molecule is C[C@H](NC(=O)OC(C)(C)C)c1cncn1CC1CC1. The van der Waals surface area contributed by atoms with E-state index < -0.39 is 5.60 Å². The van der Waals surface area contributed by atoms with E-state index in [-0.39, 0.29) is 12.1 Å². The fourth-order valence-electron chi connectivity index (χ4n) is 1.98. The van der Waals surface area contributed by atoms with Crippen LogP contribution in [0, 0.1) is 5.92 Å². The number of imidazole rings is 1. The molecule has 1 amide bonds. The third-order valence-electron chi connectivity index (χ3n) is 3.07. The van der Waals surface area contributed by atoms with Crippen LogP contribution in [0.3, 0.4) is 0 Å². The van der Waals surface area contributed by atoms with Crippen molar-refractivity contribution in [1.82, 2.24) is 14.9 Å². The normalized spacial score (nSPS) is 17.1. The quantitative estimate of drug-likeness (QED) is 0.910. The Bertz CT molecular complexity index is 444. The van der Waals surface area contributed by atoms with Gasteiger partial charge in [0.25, 0.3) is 0 Å². The number of hydrogen-bond donors (Lipinski definition) is 1. The number of hydrogen-bond acceptors (Lipinski definition) is 3. The molecule has 0 aliphatic heterocycles. The first-order valence-corrected chi connectivity index (χ1v) is 6.84. The zero-order chi connectivity index (χ0) is 14.0. The van der Waals surface area contributed by atoms with Gasteiger partial charge in [-0.25, -0.2) is 9.78 Å². The highest BCUT2D eigenvalue weighted by Gasteiger charge is 2.24. The summed E-state index contributed by atoms with van der Waals surface area (Å²) in [6, 6.07) is -0.101. The Kier molecular flexibility index (Phi) is 3.83. The molecule has 1 aliphatic carbocycles. The van der Waals surface area contributed by atoms with E-state index in [0.717, 1.165) is 18.2 Å². The van der Waals surface area contributed by atoms with E-state index in [1.54, 1.807) is 0 Å². The number of nitrogens with one attached hydrogen (secondary N) is 1. The third kappa shape index (κ3) is 4.26. The molecule has 1 fully saturated rings. The van der Waals surface area contributed by atoms with Crippen LogP contribution < -0.4 is 5.32 Å². The van der Waals surface area contributed by atoms with E-state index in [2.05, 4.69) is 14.9 Å². The Labute approximate surface area is 114 Å². The second-order valence-corrected chi connectivity index (χ2v) is 6.28. The minimum atomic E-state index is -0.474. The number of aromatic nitrogens is 2. The van der Waals surface area contributed by atoms with Gasteiger partial charge in [-0.3, -0.25) is 0 Å². The molecule has 106 valence electrons. The first-order valence-electron chi connectivity index (χ1n) is 6.84. The van der Waals surface area contributed by atoms with Crippen molar-refractivity contribution < 1.29 is 9.53 Å². The summed E-state index contributed by atoms with van der Waals surface area (Å²) in [4.78, 5) is 15.9. The van der Waals surface area contributed by atoms with E-state index in [1.165, 1.54) is 12.8 Å². The van der Waals surface area contributed by atoms with Crippen molar-refractivity contribution in [2.45, 2.75) is 58.7 Å². The number of carbonyl (C=O) groups excluding carboxylic acids is 1. The van der Waals surface area contributed by atoms with Gasteiger partial charge in [0.2, 0.25) is 0 Å². The molecule has 1 N–H and O–H groups in total. The van der Waals surface area contributed by atoms with Gasteiger partial charge in [0.1, 0.15) is 5.60 Å². The number of nitrogens with zero attached hydrogens (tertiary/aromatic N) is 2. The van der Waals surface area contributed by atoms with Crippen LogP contribution >= 0.6 is 0 Å². The number of amides is 1. The third-order valence-corrected chi connectivity index (χ3v) is 3.07. The molecule has 0 bridgehead atoms. The lowest BCUT2D eigenvalue weighted by Gasteiger charge is -2.22. The number of rotatable bonds is 4. The van der Waals surface area contributed by atoms with Crippen LogP contribution in [-0.4, -0.2) is 21.2 Å². The molecular formula is C14H23N3O2. The molecule has 1 aliphatic rings. The minimum Gasteiger partial charge on any atom is -0.444 e. The van der Waals surface area contributed by atoms with Gasteiger partial charge >= 0.3 is 6.09 Å². The molecule has 19 heavy (non-hydrogen) atoms. The fraction of sp³-hybridized carbons (Fsp3) is 0.714. The van der Waals surface area contributed by atoms with Crippen molar-refractivity contribution >= 4 is 6.09 Å². The molecule has 1 atom stereocenters. The summed E-state index contributed by atoms with van der Waals surface area (Å²) in [5.74, 6) is 0.779. The van der Waals surface area contributed by atoms with Crippen molar-refractivity contribution in [2.24, 2.45) is 5.92 Å². The molecule has 0 aromatic carbocycles. The maximum absolute atomic E-state index is 11.7. The summed E-state index contributed by atoms with van der Waals surface area (Å²) in [6.07, 6.45) is 5.85. The van der Waals surface area contributed by atoms with E-state index in [4.69, 9.17) is 4.74 Å². The summed E-state index contributed by atoms with van der Waals surface area (Å²) in [6.45, 7) is 8.51. The molecule has 0 spiro atoms. The Morgan fingerprint density at radius 3 is 2.84 bits per heavy atom. The second-order valence-electron chi connectivity index (χ2n) is 6.28. The molecular weight excluding hydrogens is 242 g/mol. The average molecular weight is 265 g/mol. The van der Waals surface area contributed by atoms with E-state index >= 15 is 0 Å². The lowest BCUT2D eigenvalue weighted by Crippen LogP contribution is -2.34. The zero-order valence-electron chi connectivity index (χ0n) is 12.1. The highest BCUT2D eigenvalue weighted by atomic mass is 16.6. The topological polar surface area (TPSA) is 56.1 Å². The van der Waals surface area contributed by atoms with Crippen molar-refractivity contribution in [3.63, 3.8) is 0 Å². The summed E-state index contributed by atoms with van der Waals surface area (Å²) >= 11 is 0. The molecule has 0 radical (unpaired) electrons. The number of carbonyl (C=O) groups is 1. The maximum atomic E-state index is 11.7. The fourth-order valence-corrected chi connectivity index (χ4v) is 1.98. The molecule has 1 aromatic heterocycles. The molecule has 2 rings (SSSR count). The number of ether oxygens (including phenoxy) is 1. The number of alkyl carbamates (subject to hydrolysis) is 1. The van der Waals surface area contributed by atoms with Crippen LogP contribution in [0.2, 0.25) is 0 Å². The van der Waals surface area contributed by atoms with Crippen LogP contribution in [0.25, 0.3) is 0 Å². The summed E-state index contributed by atoms with van der Waals surface area (Å²) in [5, 5.41) is 2.85. The molecule has 5 nitrogen and oxygen atoms in total. The van der Waals surface area contributed by atoms with Gasteiger partial charge in [0, 0.05) is 6.54 Å². The Hall–Kier alpha value is -1.52. The van der Waals surface area contributed by atoms with E-state index in [9.17, 15) is 4.79 Å². The standard InChI is InChI=1S/C14H23N3O2/c1-10(16-13(18)19-14(2,3)4)12-7-15-9-17(12)8-11-5-6-11/h7,9-11H,5-6,8H2,1-4H3,(H,16,18)/t10-/m0/s1. The summed E-state index contributed by atoms with van der Waals surface area (Å²) in [5.41, 5.74) is 0.552. The monoisotopic (exact) mass is 265 g/mol. The Balaban J connectivity index is 1.93. The zero-order valence-corrected chi connectivity index (χ0v) is 12.1. The lowest BCUT2D eigenvalue weighted by atomic mass is 10.2. The van der Waals surface area contributed by atoms with Crippen LogP contribution in [-0.2, 0) is 11.3 Å². The average Bonchev–Trinajstić information content (AvgIpc) is 2.91. The minimum absolute atomic E-state index is 0.101. The first-order chi connectivity index (χ1) is 8.85. The molecule has 0 unspecified atom stereocenters. The van der Waals surface area contributed by atoms with Gasteiger partial charge in [-0.1, -0.05) is 0 Å². The predicted octanol–water partition coefficient (Wildman–Crippen LogP) is 2.88. The van der Waals surface area contributed by atoms with Crippen molar-refractivity contribution in [3.05, 3.63) is 18.2 Å². The first kappa shape index (κ1) is 13.9. The second kappa shape index (κ2) is 5.23. The lowest BCUT2D eigenvalue weighted by molar-refractivity contribution is 0.0506. The highest BCUT2D eigenvalue weighted by molar-refractivity contribution is 5.68. The van der Waals surface area contributed by atoms with Crippen LogP contribution in [0.15, 0.2) is 12.5 Å². The van der Waals surface area contributed by atoms with Crippen molar-refractivity contribution in [3.8, 4) is 0 Å². The van der Waals surface area contributed by atoms with Gasteiger partial charge in [-0.2, -0.15) is 0 Å². The van der Waals surface area contributed by atoms with Crippen molar-refractivity contribution in [2.75, 3.05) is 0 Å². The molecule has 1 aromatic rings. The van der Waals surface area contributed by atoms with E-state index in [1.807, 2.05) is 40.2 Å². The van der Waals surface area contributed by atoms with Crippen molar-refractivity contribution in [1.29, 1.82) is 0 Å². The molecule has 1 saturated carbocycles. The van der Waals surface area contributed by atoms with Gasteiger partial charge in [-0.15, -0.1) is 0 Å². The molecule has 5 heteroatoms. The maximum Gasteiger partial charge on any atom is 0.408 e. The van der Waals surface area contributed by atoms with E-state index in [0.29, 0.717) is 0 Å². The Morgan fingerprint density at radius 1 is 1.58 bits per heavy atom.